The summed E-state index contributed by atoms with van der Waals surface area (Å²) in [7, 11) is 0. The zero-order valence-corrected chi connectivity index (χ0v) is 18.2. The summed E-state index contributed by atoms with van der Waals surface area (Å²) in [6.45, 7) is 3.48. The van der Waals surface area contributed by atoms with Crippen molar-refractivity contribution < 1.29 is 4.79 Å². The van der Waals surface area contributed by atoms with Crippen molar-refractivity contribution in [3.63, 3.8) is 0 Å². The van der Waals surface area contributed by atoms with Gasteiger partial charge in [-0.25, -0.2) is 15.0 Å². The van der Waals surface area contributed by atoms with Crippen LogP contribution in [-0.4, -0.2) is 33.9 Å². The van der Waals surface area contributed by atoms with Crippen LogP contribution < -0.4 is 10.2 Å². The summed E-state index contributed by atoms with van der Waals surface area (Å²) in [5, 5.41) is 5.70. The first kappa shape index (κ1) is 20.1. The Bertz CT molecular complexity index is 990. The lowest BCUT2D eigenvalue weighted by Gasteiger charge is -2.31. The molecule has 1 aliphatic rings. The third-order valence-corrected chi connectivity index (χ3v) is 7.34. The first-order chi connectivity index (χ1) is 14.1. The largest absolute Gasteiger partial charge is 0.341 e. The zero-order valence-electron chi connectivity index (χ0n) is 15.8. The number of aromatic nitrogens is 3. The number of rotatable bonds is 5. The highest BCUT2D eigenvalue weighted by Gasteiger charge is 2.27. The van der Waals surface area contributed by atoms with Gasteiger partial charge in [0.1, 0.15) is 0 Å². The van der Waals surface area contributed by atoms with Crippen molar-refractivity contribution in [3.05, 3.63) is 52.8 Å². The van der Waals surface area contributed by atoms with Gasteiger partial charge in [-0.2, -0.15) is 0 Å². The van der Waals surface area contributed by atoms with Gasteiger partial charge in [-0.1, -0.05) is 29.4 Å². The Hall–Kier alpha value is -2.16. The first-order valence-corrected chi connectivity index (χ1v) is 11.4. The van der Waals surface area contributed by atoms with Crippen LogP contribution in [0.2, 0.25) is 5.02 Å². The van der Waals surface area contributed by atoms with Crippen molar-refractivity contribution in [1.82, 2.24) is 15.0 Å². The van der Waals surface area contributed by atoms with Crippen LogP contribution in [-0.2, 0) is 4.79 Å². The quantitative estimate of drug-likeness (QED) is 0.602. The van der Waals surface area contributed by atoms with E-state index < -0.39 is 0 Å². The van der Waals surface area contributed by atoms with Gasteiger partial charge in [0.05, 0.1) is 15.6 Å². The highest BCUT2D eigenvalue weighted by Crippen LogP contribution is 2.40. The molecule has 6 nitrogen and oxygen atoms in total. The number of nitrogens with one attached hydrogen (secondary N) is 1. The van der Waals surface area contributed by atoms with Crippen molar-refractivity contribution >= 4 is 52.2 Å². The molecule has 1 aliphatic heterocycles. The summed E-state index contributed by atoms with van der Waals surface area (Å²) >= 11 is 9.48. The highest BCUT2D eigenvalue weighted by molar-refractivity contribution is 8.01. The number of hydrogen-bond acceptors (Lipinski definition) is 7. The van der Waals surface area contributed by atoms with E-state index in [1.165, 1.54) is 11.8 Å². The van der Waals surface area contributed by atoms with Gasteiger partial charge in [-0.05, 0) is 38.0 Å². The molecule has 2 aromatic heterocycles. The molecule has 1 saturated heterocycles. The minimum Gasteiger partial charge on any atom is -0.341 e. The van der Waals surface area contributed by atoms with E-state index in [0.717, 1.165) is 52.5 Å². The second kappa shape index (κ2) is 9.11. The van der Waals surface area contributed by atoms with E-state index in [0.29, 0.717) is 5.02 Å². The average Bonchev–Trinajstić information content (AvgIpc) is 3.16. The maximum atomic E-state index is 12.9. The van der Waals surface area contributed by atoms with E-state index in [1.54, 1.807) is 29.8 Å². The van der Waals surface area contributed by atoms with Crippen molar-refractivity contribution in [2.75, 3.05) is 23.3 Å². The molecule has 150 valence electrons. The molecule has 0 radical (unpaired) electrons. The Balaban J connectivity index is 1.42. The SMILES string of the molecule is Cc1csc(Sc2c(Cl)cccc2NC(=O)C2CCN(c3ncccn3)CC2)n1. The molecule has 29 heavy (non-hydrogen) atoms. The minimum absolute atomic E-state index is 0.0260. The molecule has 3 aromatic rings. The lowest BCUT2D eigenvalue weighted by molar-refractivity contribution is -0.120. The Labute approximate surface area is 182 Å². The maximum Gasteiger partial charge on any atom is 0.227 e. The fourth-order valence-corrected chi connectivity index (χ4v) is 5.37. The normalized spacial score (nSPS) is 14.8. The van der Waals surface area contributed by atoms with E-state index in [4.69, 9.17) is 11.6 Å². The summed E-state index contributed by atoms with van der Waals surface area (Å²) in [5.41, 5.74) is 1.71. The van der Waals surface area contributed by atoms with E-state index in [-0.39, 0.29) is 11.8 Å². The topological polar surface area (TPSA) is 71.0 Å². The smallest absolute Gasteiger partial charge is 0.227 e. The van der Waals surface area contributed by atoms with Crippen LogP contribution in [0.15, 0.2) is 51.3 Å². The van der Waals surface area contributed by atoms with Gasteiger partial charge >= 0.3 is 0 Å². The standard InChI is InChI=1S/C20H20ClN5OS2/c1-13-12-28-20(24-13)29-17-15(21)4-2-5-16(17)25-18(27)14-6-10-26(11-7-14)19-22-8-3-9-23-19/h2-5,8-9,12,14H,6-7,10-11H2,1H3,(H,25,27). The number of nitrogens with zero attached hydrogens (tertiary/aromatic N) is 4. The molecule has 0 atom stereocenters. The summed E-state index contributed by atoms with van der Waals surface area (Å²) in [4.78, 5) is 28.9. The molecule has 0 aliphatic carbocycles. The molecule has 0 bridgehead atoms. The number of carbonyl (C=O) groups excluding carboxylic acids is 1. The number of hydrogen-bond donors (Lipinski definition) is 1. The van der Waals surface area contributed by atoms with Gasteiger partial charge in [-0.3, -0.25) is 4.79 Å². The molecular weight excluding hydrogens is 426 g/mol. The van der Waals surface area contributed by atoms with Gasteiger partial charge < -0.3 is 10.2 Å². The van der Waals surface area contributed by atoms with Crippen LogP contribution in [0.4, 0.5) is 11.6 Å². The number of aryl methyl sites for hydroxylation is 1. The van der Waals surface area contributed by atoms with Crippen molar-refractivity contribution in [2.45, 2.75) is 29.0 Å². The van der Waals surface area contributed by atoms with E-state index in [9.17, 15) is 4.79 Å². The maximum absolute atomic E-state index is 12.9. The van der Waals surface area contributed by atoms with Gasteiger partial charge in [0.2, 0.25) is 11.9 Å². The van der Waals surface area contributed by atoms with Crippen LogP contribution in [0.5, 0.6) is 0 Å². The summed E-state index contributed by atoms with van der Waals surface area (Å²) < 4.78 is 0.905. The first-order valence-electron chi connectivity index (χ1n) is 9.31. The number of anilines is 2. The number of carbonyl (C=O) groups is 1. The van der Waals surface area contributed by atoms with Gasteiger partial charge in [-0.15, -0.1) is 11.3 Å². The number of amides is 1. The minimum atomic E-state index is -0.0473. The molecule has 9 heteroatoms. The molecule has 1 fully saturated rings. The number of thiazole rings is 1. The van der Waals surface area contributed by atoms with Crippen molar-refractivity contribution in [1.29, 1.82) is 0 Å². The predicted molar refractivity (Wildman–Crippen MR) is 118 cm³/mol. The summed E-state index contributed by atoms with van der Waals surface area (Å²) in [5.74, 6) is 0.700. The van der Waals surface area contributed by atoms with Crippen molar-refractivity contribution in [3.8, 4) is 0 Å². The summed E-state index contributed by atoms with van der Waals surface area (Å²) in [6.07, 6.45) is 5.00. The van der Waals surface area contributed by atoms with E-state index in [2.05, 4.69) is 25.2 Å². The third kappa shape index (κ3) is 4.88. The van der Waals surface area contributed by atoms with Gasteiger partial charge in [0.25, 0.3) is 0 Å². The molecule has 1 amide bonds. The Morgan fingerprint density at radius 2 is 2.00 bits per heavy atom. The molecule has 3 heterocycles. The van der Waals surface area contributed by atoms with Crippen LogP contribution in [0.1, 0.15) is 18.5 Å². The second-order valence-corrected chi connectivity index (χ2v) is 9.30. The fourth-order valence-electron chi connectivity index (χ4n) is 3.21. The number of piperidine rings is 1. The monoisotopic (exact) mass is 445 g/mol. The molecule has 0 spiro atoms. The molecule has 1 aromatic carbocycles. The van der Waals surface area contributed by atoms with Gasteiger partial charge in [0, 0.05) is 42.5 Å². The Morgan fingerprint density at radius 1 is 1.24 bits per heavy atom. The predicted octanol–water partition coefficient (Wildman–Crippen LogP) is 4.90. The van der Waals surface area contributed by atoms with Crippen LogP contribution >= 0.6 is 34.7 Å². The lowest BCUT2D eigenvalue weighted by atomic mass is 9.96. The van der Waals surface area contributed by atoms with Crippen molar-refractivity contribution in [2.24, 2.45) is 5.92 Å². The fraction of sp³-hybridized carbons (Fsp3) is 0.300. The molecule has 0 unspecified atom stereocenters. The Morgan fingerprint density at radius 3 is 2.69 bits per heavy atom. The van der Waals surface area contributed by atoms with E-state index >= 15 is 0 Å². The lowest BCUT2D eigenvalue weighted by Crippen LogP contribution is -2.39. The number of halogens is 1. The number of benzene rings is 1. The molecule has 0 saturated carbocycles. The molecule has 1 N–H and O–H groups in total. The summed E-state index contributed by atoms with van der Waals surface area (Å²) in [6, 6.07) is 7.37. The van der Waals surface area contributed by atoms with Crippen LogP contribution in [0.25, 0.3) is 0 Å². The zero-order chi connectivity index (χ0) is 20.2. The average molecular weight is 446 g/mol. The molecular formula is C20H20ClN5OS2. The van der Waals surface area contributed by atoms with E-state index in [1.807, 2.05) is 30.5 Å². The van der Waals surface area contributed by atoms with Crippen LogP contribution in [0, 0.1) is 12.8 Å². The van der Waals surface area contributed by atoms with Gasteiger partial charge in [0.15, 0.2) is 4.34 Å². The molecule has 4 rings (SSSR count). The van der Waals surface area contributed by atoms with Crippen LogP contribution in [0.3, 0.4) is 0 Å². The third-order valence-electron chi connectivity index (χ3n) is 4.71. The highest BCUT2D eigenvalue weighted by atomic mass is 35.5. The second-order valence-electron chi connectivity index (χ2n) is 6.77. The Kier molecular flexibility index (Phi) is 6.32.